The van der Waals surface area contributed by atoms with Gasteiger partial charge in [-0.1, -0.05) is 18.2 Å². The Balaban J connectivity index is 2.09. The maximum absolute atomic E-state index is 12.3. The predicted octanol–water partition coefficient (Wildman–Crippen LogP) is 3.00. The molecule has 1 N–H and O–H groups in total. The monoisotopic (exact) mass is 406 g/mol. The van der Waals surface area contributed by atoms with E-state index in [0.717, 1.165) is 29.0 Å². The SMILES string of the molecule is CCN(Cc1c[nH]c2ccccc12)c1ccc(S(C)(=O)=O)cc1S(C)(=O)=O. The van der Waals surface area contributed by atoms with Crippen molar-refractivity contribution >= 4 is 36.3 Å². The molecule has 0 unspecified atom stereocenters. The van der Waals surface area contributed by atoms with Gasteiger partial charge in [-0.25, -0.2) is 16.8 Å². The molecule has 0 aliphatic carbocycles. The Morgan fingerprint density at radius 1 is 0.963 bits per heavy atom. The number of H-pyrrole nitrogens is 1. The molecule has 6 nitrogen and oxygen atoms in total. The summed E-state index contributed by atoms with van der Waals surface area (Å²) in [5.74, 6) is 0. The molecule has 0 atom stereocenters. The van der Waals surface area contributed by atoms with Crippen molar-refractivity contribution in [2.75, 3.05) is 24.0 Å². The van der Waals surface area contributed by atoms with Gasteiger partial charge in [0.1, 0.15) is 0 Å². The van der Waals surface area contributed by atoms with Crippen molar-refractivity contribution in [3.05, 3.63) is 54.2 Å². The summed E-state index contributed by atoms with van der Waals surface area (Å²) >= 11 is 0. The molecule has 144 valence electrons. The Morgan fingerprint density at radius 2 is 1.67 bits per heavy atom. The molecule has 2 aromatic carbocycles. The van der Waals surface area contributed by atoms with Crippen LogP contribution in [-0.2, 0) is 26.2 Å². The van der Waals surface area contributed by atoms with Crippen molar-refractivity contribution in [3.63, 3.8) is 0 Å². The predicted molar refractivity (Wildman–Crippen MR) is 108 cm³/mol. The summed E-state index contributed by atoms with van der Waals surface area (Å²) in [4.78, 5) is 5.16. The third kappa shape index (κ3) is 4.01. The largest absolute Gasteiger partial charge is 0.366 e. The Labute approximate surface area is 159 Å². The Kier molecular flexibility index (Phi) is 5.05. The first kappa shape index (κ1) is 19.4. The number of nitrogens with one attached hydrogen (secondary N) is 1. The molecule has 0 fully saturated rings. The van der Waals surface area contributed by atoms with Gasteiger partial charge in [0.2, 0.25) is 0 Å². The molecule has 3 aromatic rings. The molecular formula is C19H22N2O4S2. The zero-order chi connectivity index (χ0) is 19.8. The molecule has 3 rings (SSSR count). The van der Waals surface area contributed by atoms with Crippen LogP contribution in [-0.4, -0.2) is 40.9 Å². The molecule has 0 amide bonds. The van der Waals surface area contributed by atoms with E-state index in [2.05, 4.69) is 4.98 Å². The van der Waals surface area contributed by atoms with Gasteiger partial charge >= 0.3 is 0 Å². The van der Waals surface area contributed by atoms with Crippen LogP contribution in [0.4, 0.5) is 5.69 Å². The second-order valence-electron chi connectivity index (χ2n) is 6.55. The van der Waals surface area contributed by atoms with E-state index in [-0.39, 0.29) is 9.79 Å². The lowest BCUT2D eigenvalue weighted by Crippen LogP contribution is -2.24. The molecule has 0 radical (unpaired) electrons. The number of rotatable bonds is 6. The number of benzene rings is 2. The number of aromatic nitrogens is 1. The zero-order valence-corrected chi connectivity index (χ0v) is 17.1. The lowest BCUT2D eigenvalue weighted by Gasteiger charge is -2.25. The van der Waals surface area contributed by atoms with E-state index in [1.54, 1.807) is 6.07 Å². The van der Waals surface area contributed by atoms with Crippen molar-refractivity contribution in [1.29, 1.82) is 0 Å². The topological polar surface area (TPSA) is 87.3 Å². The first-order chi connectivity index (χ1) is 12.6. The second kappa shape index (κ2) is 7.01. The molecule has 0 spiro atoms. The van der Waals surface area contributed by atoms with Crippen LogP contribution in [0, 0.1) is 0 Å². The van der Waals surface area contributed by atoms with Crippen LogP contribution in [0.15, 0.2) is 58.5 Å². The summed E-state index contributed by atoms with van der Waals surface area (Å²) in [6, 6.07) is 12.2. The van der Waals surface area contributed by atoms with E-state index < -0.39 is 19.7 Å². The van der Waals surface area contributed by atoms with Crippen LogP contribution >= 0.6 is 0 Å². The summed E-state index contributed by atoms with van der Waals surface area (Å²) < 4.78 is 48.4. The van der Waals surface area contributed by atoms with E-state index in [1.165, 1.54) is 12.1 Å². The molecular weight excluding hydrogens is 384 g/mol. The van der Waals surface area contributed by atoms with Gasteiger partial charge in [0, 0.05) is 42.7 Å². The number of sulfone groups is 2. The maximum atomic E-state index is 12.3. The summed E-state index contributed by atoms with van der Waals surface area (Å²) in [6.07, 6.45) is 4.08. The smallest absolute Gasteiger partial charge is 0.177 e. The molecule has 0 aliphatic rings. The summed E-state index contributed by atoms with van der Waals surface area (Å²) in [7, 11) is -7.11. The average Bonchev–Trinajstić information content (AvgIpc) is 3.00. The first-order valence-corrected chi connectivity index (χ1v) is 12.2. The third-order valence-corrected chi connectivity index (χ3v) is 6.75. The first-order valence-electron chi connectivity index (χ1n) is 8.45. The average molecular weight is 407 g/mol. The van der Waals surface area contributed by atoms with Crippen molar-refractivity contribution in [1.82, 2.24) is 4.98 Å². The number of hydrogen-bond donors (Lipinski definition) is 1. The van der Waals surface area contributed by atoms with Crippen molar-refractivity contribution in [3.8, 4) is 0 Å². The van der Waals surface area contributed by atoms with E-state index in [4.69, 9.17) is 0 Å². The third-order valence-electron chi connectivity index (χ3n) is 4.52. The molecule has 0 saturated carbocycles. The molecule has 0 saturated heterocycles. The van der Waals surface area contributed by atoms with E-state index in [9.17, 15) is 16.8 Å². The van der Waals surface area contributed by atoms with Gasteiger partial charge in [-0.2, -0.15) is 0 Å². The van der Waals surface area contributed by atoms with Gasteiger partial charge in [-0.05, 0) is 36.8 Å². The van der Waals surface area contributed by atoms with Crippen LogP contribution in [0.5, 0.6) is 0 Å². The van der Waals surface area contributed by atoms with Crippen molar-refractivity contribution in [2.24, 2.45) is 0 Å². The number of hydrogen-bond acceptors (Lipinski definition) is 5. The molecule has 0 bridgehead atoms. The Hall–Kier alpha value is -2.32. The second-order valence-corrected chi connectivity index (χ2v) is 10.5. The zero-order valence-electron chi connectivity index (χ0n) is 15.4. The van der Waals surface area contributed by atoms with E-state index in [1.807, 2.05) is 42.3 Å². The van der Waals surface area contributed by atoms with E-state index >= 15 is 0 Å². The highest BCUT2D eigenvalue weighted by atomic mass is 32.2. The lowest BCUT2D eigenvalue weighted by atomic mass is 10.1. The maximum Gasteiger partial charge on any atom is 0.177 e. The molecule has 8 heteroatoms. The fourth-order valence-corrected chi connectivity index (χ4v) is 4.76. The lowest BCUT2D eigenvalue weighted by molar-refractivity contribution is 0.599. The van der Waals surface area contributed by atoms with Gasteiger partial charge < -0.3 is 9.88 Å². The minimum atomic E-state index is -3.61. The highest BCUT2D eigenvalue weighted by molar-refractivity contribution is 7.91. The van der Waals surface area contributed by atoms with Gasteiger partial charge in [0.25, 0.3) is 0 Å². The number of aromatic amines is 1. The Bertz CT molecular complexity index is 1200. The summed E-state index contributed by atoms with van der Waals surface area (Å²) in [5, 5.41) is 1.07. The highest BCUT2D eigenvalue weighted by Gasteiger charge is 2.21. The quantitative estimate of drug-likeness (QED) is 0.680. The summed E-state index contributed by atoms with van der Waals surface area (Å²) in [6.45, 7) is 3.01. The molecule has 1 heterocycles. The molecule has 27 heavy (non-hydrogen) atoms. The number of fused-ring (bicyclic) bond motifs is 1. The minimum Gasteiger partial charge on any atom is -0.366 e. The molecule has 0 aliphatic heterocycles. The van der Waals surface area contributed by atoms with Gasteiger partial charge in [0.15, 0.2) is 19.7 Å². The molecule has 1 aromatic heterocycles. The fourth-order valence-electron chi connectivity index (χ4n) is 3.12. The van der Waals surface area contributed by atoms with Gasteiger partial charge in [-0.15, -0.1) is 0 Å². The standard InChI is InChI=1S/C19H22N2O4S2/c1-4-21(13-14-12-20-17-8-6-5-7-16(14)17)18-10-9-15(26(2,22)23)11-19(18)27(3,24)25/h5-12,20H,4,13H2,1-3H3. The van der Waals surface area contributed by atoms with Crippen LogP contribution in [0.25, 0.3) is 10.9 Å². The van der Waals surface area contributed by atoms with Gasteiger partial charge in [0.05, 0.1) is 15.5 Å². The fraction of sp³-hybridized carbons (Fsp3) is 0.263. The van der Waals surface area contributed by atoms with E-state index in [0.29, 0.717) is 18.8 Å². The van der Waals surface area contributed by atoms with Crippen LogP contribution in [0.3, 0.4) is 0 Å². The van der Waals surface area contributed by atoms with Crippen LogP contribution in [0.1, 0.15) is 12.5 Å². The van der Waals surface area contributed by atoms with Crippen LogP contribution < -0.4 is 4.90 Å². The normalized spacial score (nSPS) is 12.4. The summed E-state index contributed by atoms with van der Waals surface area (Å²) in [5.41, 5.74) is 2.55. The minimum absolute atomic E-state index is 0.00479. The number of anilines is 1. The van der Waals surface area contributed by atoms with Crippen molar-refractivity contribution < 1.29 is 16.8 Å². The van der Waals surface area contributed by atoms with Crippen LogP contribution in [0.2, 0.25) is 0 Å². The van der Waals surface area contributed by atoms with Crippen molar-refractivity contribution in [2.45, 2.75) is 23.3 Å². The van der Waals surface area contributed by atoms with Gasteiger partial charge in [-0.3, -0.25) is 0 Å². The number of para-hydroxylation sites is 1. The highest BCUT2D eigenvalue weighted by Crippen LogP contribution is 2.30. The number of nitrogens with zero attached hydrogens (tertiary/aromatic N) is 1. The Morgan fingerprint density at radius 3 is 2.30 bits per heavy atom.